The third-order valence-electron chi connectivity index (χ3n) is 3.77. The summed E-state index contributed by atoms with van der Waals surface area (Å²) in [6, 6.07) is 3.80. The zero-order chi connectivity index (χ0) is 13.5. The molecule has 1 aliphatic carbocycles. The monoisotopic (exact) mass is 298 g/mol. The van der Waals surface area contributed by atoms with Gasteiger partial charge in [0.05, 0.1) is 18.8 Å². The lowest BCUT2D eigenvalue weighted by molar-refractivity contribution is 0.0255. The Labute approximate surface area is 122 Å². The lowest BCUT2D eigenvalue weighted by Gasteiger charge is -2.46. The Kier molecular flexibility index (Phi) is 3.62. The van der Waals surface area contributed by atoms with Crippen LogP contribution >= 0.6 is 23.5 Å². The molecule has 5 heteroatoms. The number of benzene rings is 1. The third-order valence-corrected chi connectivity index (χ3v) is 7.02. The number of aliphatic hydroxyl groups is 1. The number of fused-ring (bicyclic) bond motifs is 1. The summed E-state index contributed by atoms with van der Waals surface area (Å²) in [6.07, 6.45) is 1.89. The molecule has 0 radical (unpaired) electrons. The minimum atomic E-state index is -0.773. The minimum absolute atomic E-state index is 0.203. The fourth-order valence-corrected chi connectivity index (χ4v) is 5.98. The van der Waals surface area contributed by atoms with Crippen LogP contribution in [0.1, 0.15) is 17.5 Å². The average molecular weight is 298 g/mol. The Balaban J connectivity index is 1.99. The Morgan fingerprint density at radius 3 is 2.42 bits per heavy atom. The molecule has 1 saturated heterocycles. The van der Waals surface area contributed by atoms with Gasteiger partial charge in [0, 0.05) is 17.5 Å². The molecule has 1 atom stereocenters. The number of methoxy groups -OCH3 is 2. The molecule has 19 heavy (non-hydrogen) atoms. The second-order valence-corrected chi connectivity index (χ2v) is 7.58. The van der Waals surface area contributed by atoms with Crippen molar-refractivity contribution < 1.29 is 14.6 Å². The van der Waals surface area contributed by atoms with Crippen LogP contribution in [0.4, 0.5) is 0 Å². The van der Waals surface area contributed by atoms with Gasteiger partial charge in [-0.05, 0) is 30.1 Å². The summed E-state index contributed by atoms with van der Waals surface area (Å²) in [6.45, 7) is 0. The van der Waals surface area contributed by atoms with E-state index in [-0.39, 0.29) is 4.58 Å². The molecule has 1 unspecified atom stereocenters. The van der Waals surface area contributed by atoms with Crippen LogP contribution in [0.2, 0.25) is 0 Å². The van der Waals surface area contributed by atoms with Gasteiger partial charge in [0.2, 0.25) is 0 Å². The molecule has 0 amide bonds. The fraction of sp³-hybridized carbons (Fsp3) is 0.571. The molecular formula is C14H18O3S2. The molecule has 0 bridgehead atoms. The molecule has 0 aromatic heterocycles. The SMILES string of the molecule is COc1ccc(OC)c2c1CC2(O)C1SCCCS1. The molecule has 1 N–H and O–H groups in total. The Hall–Kier alpha value is -0.520. The summed E-state index contributed by atoms with van der Waals surface area (Å²) in [5.74, 6) is 3.88. The summed E-state index contributed by atoms with van der Waals surface area (Å²) in [5, 5.41) is 11.0. The summed E-state index contributed by atoms with van der Waals surface area (Å²) in [4.78, 5) is 0. The van der Waals surface area contributed by atoms with Crippen LogP contribution in [0.15, 0.2) is 12.1 Å². The zero-order valence-electron chi connectivity index (χ0n) is 11.1. The fourth-order valence-electron chi connectivity index (χ4n) is 2.83. The summed E-state index contributed by atoms with van der Waals surface area (Å²) in [5.41, 5.74) is 1.25. The van der Waals surface area contributed by atoms with Crippen molar-refractivity contribution in [3.8, 4) is 11.5 Å². The van der Waals surface area contributed by atoms with E-state index < -0.39 is 5.60 Å². The van der Waals surface area contributed by atoms with E-state index in [2.05, 4.69) is 0 Å². The normalized spacial score (nSPS) is 26.5. The maximum atomic E-state index is 11.0. The topological polar surface area (TPSA) is 38.7 Å². The van der Waals surface area contributed by atoms with Crippen LogP contribution < -0.4 is 9.47 Å². The first-order valence-electron chi connectivity index (χ1n) is 6.40. The first kappa shape index (κ1) is 13.5. The van der Waals surface area contributed by atoms with Crippen molar-refractivity contribution in [1.29, 1.82) is 0 Å². The van der Waals surface area contributed by atoms with Crippen molar-refractivity contribution in [3.05, 3.63) is 23.3 Å². The highest BCUT2D eigenvalue weighted by Gasteiger charge is 2.52. The van der Waals surface area contributed by atoms with Crippen LogP contribution in [-0.2, 0) is 12.0 Å². The maximum absolute atomic E-state index is 11.0. The van der Waals surface area contributed by atoms with Gasteiger partial charge in [-0.1, -0.05) is 0 Å². The highest BCUT2D eigenvalue weighted by Crippen LogP contribution is 2.56. The van der Waals surface area contributed by atoms with E-state index in [0.29, 0.717) is 6.42 Å². The smallest absolute Gasteiger partial charge is 0.125 e. The lowest BCUT2D eigenvalue weighted by Crippen LogP contribution is -2.47. The predicted octanol–water partition coefficient (Wildman–Crippen LogP) is 2.64. The van der Waals surface area contributed by atoms with Gasteiger partial charge < -0.3 is 14.6 Å². The highest BCUT2D eigenvalue weighted by molar-refractivity contribution is 8.17. The standard InChI is InChI=1S/C14H18O3S2/c1-16-10-4-5-11(17-2)12-9(10)8-14(12,15)13-18-6-3-7-19-13/h4-5,13,15H,3,6-8H2,1-2H3. The lowest BCUT2D eigenvalue weighted by atomic mass is 9.73. The van der Waals surface area contributed by atoms with E-state index in [1.54, 1.807) is 14.2 Å². The molecule has 1 aliphatic heterocycles. The van der Waals surface area contributed by atoms with Crippen molar-refractivity contribution in [3.63, 3.8) is 0 Å². The van der Waals surface area contributed by atoms with E-state index in [1.165, 1.54) is 6.42 Å². The van der Waals surface area contributed by atoms with Crippen molar-refractivity contribution in [2.24, 2.45) is 0 Å². The van der Waals surface area contributed by atoms with E-state index in [4.69, 9.17) is 9.47 Å². The molecule has 1 heterocycles. The maximum Gasteiger partial charge on any atom is 0.125 e. The molecule has 1 aromatic carbocycles. The van der Waals surface area contributed by atoms with Crippen LogP contribution in [0, 0.1) is 0 Å². The molecule has 1 fully saturated rings. The quantitative estimate of drug-likeness (QED) is 0.929. The van der Waals surface area contributed by atoms with Gasteiger partial charge in [-0.25, -0.2) is 0 Å². The summed E-state index contributed by atoms with van der Waals surface area (Å²) >= 11 is 3.72. The number of thioether (sulfide) groups is 2. The van der Waals surface area contributed by atoms with Crippen LogP contribution in [0.25, 0.3) is 0 Å². The van der Waals surface area contributed by atoms with E-state index in [9.17, 15) is 5.11 Å². The molecule has 0 spiro atoms. The van der Waals surface area contributed by atoms with Crippen LogP contribution in [0.3, 0.4) is 0 Å². The Morgan fingerprint density at radius 1 is 1.16 bits per heavy atom. The highest BCUT2D eigenvalue weighted by atomic mass is 32.2. The average Bonchev–Trinajstić information content (AvgIpc) is 2.46. The van der Waals surface area contributed by atoms with Crippen molar-refractivity contribution in [1.82, 2.24) is 0 Å². The molecular weight excluding hydrogens is 280 g/mol. The minimum Gasteiger partial charge on any atom is -0.496 e. The predicted molar refractivity (Wildman–Crippen MR) is 80.5 cm³/mol. The molecule has 104 valence electrons. The van der Waals surface area contributed by atoms with Crippen LogP contribution in [-0.4, -0.2) is 35.4 Å². The van der Waals surface area contributed by atoms with Gasteiger partial charge in [0.15, 0.2) is 0 Å². The van der Waals surface area contributed by atoms with Gasteiger partial charge in [0.25, 0.3) is 0 Å². The van der Waals surface area contributed by atoms with Gasteiger partial charge in [-0.2, -0.15) is 0 Å². The van der Waals surface area contributed by atoms with E-state index in [0.717, 1.165) is 34.1 Å². The van der Waals surface area contributed by atoms with Crippen molar-refractivity contribution in [2.45, 2.75) is 23.0 Å². The number of ether oxygens (including phenoxy) is 2. The largest absolute Gasteiger partial charge is 0.496 e. The summed E-state index contributed by atoms with van der Waals surface area (Å²) in [7, 11) is 3.32. The molecule has 0 saturated carbocycles. The zero-order valence-corrected chi connectivity index (χ0v) is 12.8. The third kappa shape index (κ3) is 2.03. The number of hydrogen-bond acceptors (Lipinski definition) is 5. The number of rotatable bonds is 3. The molecule has 1 aromatic rings. The Bertz CT molecular complexity index is 486. The van der Waals surface area contributed by atoms with Gasteiger partial charge in [-0.15, -0.1) is 23.5 Å². The number of hydrogen-bond donors (Lipinski definition) is 1. The first-order valence-corrected chi connectivity index (χ1v) is 8.50. The van der Waals surface area contributed by atoms with E-state index in [1.807, 2.05) is 35.7 Å². The first-order chi connectivity index (χ1) is 9.20. The Morgan fingerprint density at radius 2 is 1.79 bits per heavy atom. The molecule has 3 rings (SSSR count). The van der Waals surface area contributed by atoms with Gasteiger partial charge in [-0.3, -0.25) is 0 Å². The van der Waals surface area contributed by atoms with E-state index >= 15 is 0 Å². The van der Waals surface area contributed by atoms with Crippen LogP contribution in [0.5, 0.6) is 11.5 Å². The van der Waals surface area contributed by atoms with Crippen molar-refractivity contribution >= 4 is 23.5 Å². The van der Waals surface area contributed by atoms with Gasteiger partial charge >= 0.3 is 0 Å². The second-order valence-electron chi connectivity index (χ2n) is 4.85. The van der Waals surface area contributed by atoms with Gasteiger partial charge in [0.1, 0.15) is 17.1 Å². The molecule has 2 aliphatic rings. The summed E-state index contributed by atoms with van der Waals surface area (Å²) < 4.78 is 11.0. The van der Waals surface area contributed by atoms with Crippen molar-refractivity contribution in [2.75, 3.05) is 25.7 Å². The second kappa shape index (κ2) is 5.11. The molecule has 3 nitrogen and oxygen atoms in total.